The Labute approximate surface area is 200 Å². The predicted molar refractivity (Wildman–Crippen MR) is 134 cm³/mol. The third-order valence-corrected chi connectivity index (χ3v) is 6.02. The van der Waals surface area contributed by atoms with Crippen LogP contribution < -0.4 is 24.0 Å². The molecule has 4 rings (SSSR count). The van der Waals surface area contributed by atoms with Crippen molar-refractivity contribution >= 4 is 17.3 Å². The summed E-state index contributed by atoms with van der Waals surface area (Å²) in [6.07, 6.45) is 0.416. The van der Waals surface area contributed by atoms with Crippen molar-refractivity contribution in [2.45, 2.75) is 20.3 Å². The molecule has 0 radical (unpaired) electrons. The number of hydrogen-bond donors (Lipinski definition) is 0. The fourth-order valence-corrected chi connectivity index (χ4v) is 4.23. The Balaban J connectivity index is 1.64. The smallest absolute Gasteiger partial charge is 0.228 e. The predicted octanol–water partition coefficient (Wildman–Crippen LogP) is 4.72. The van der Waals surface area contributed by atoms with Crippen LogP contribution in [-0.4, -0.2) is 51.4 Å². The van der Waals surface area contributed by atoms with E-state index in [-0.39, 0.29) is 5.91 Å². The lowest BCUT2D eigenvalue weighted by Crippen LogP contribution is -2.33. The Hall–Kier alpha value is -3.74. The maximum atomic E-state index is 13.0. The van der Waals surface area contributed by atoms with Gasteiger partial charge in [0.2, 0.25) is 11.8 Å². The Bertz CT molecular complexity index is 1150. The fourth-order valence-electron chi connectivity index (χ4n) is 4.23. The lowest BCUT2D eigenvalue weighted by molar-refractivity contribution is -0.118. The van der Waals surface area contributed by atoms with Crippen molar-refractivity contribution in [3.05, 3.63) is 60.2 Å². The topological polar surface area (TPSA) is 64.1 Å². The molecule has 7 nitrogen and oxygen atoms in total. The molecule has 0 spiro atoms. The number of hydrogen-bond acceptors (Lipinski definition) is 6. The first-order chi connectivity index (χ1) is 16.5. The van der Waals surface area contributed by atoms with E-state index >= 15 is 0 Å². The monoisotopic (exact) mass is 461 g/mol. The van der Waals surface area contributed by atoms with Gasteiger partial charge in [-0.05, 0) is 67.9 Å². The van der Waals surface area contributed by atoms with Crippen LogP contribution in [0, 0.1) is 6.92 Å². The average Bonchev–Trinajstić information content (AvgIpc) is 3.06. The molecule has 0 unspecified atom stereocenters. The zero-order valence-electron chi connectivity index (χ0n) is 20.2. The van der Waals surface area contributed by atoms with Crippen LogP contribution >= 0.6 is 0 Å². The van der Waals surface area contributed by atoms with Crippen molar-refractivity contribution in [2.75, 3.05) is 50.3 Å². The Kier molecular flexibility index (Phi) is 7.21. The number of anilines is 2. The van der Waals surface area contributed by atoms with Crippen LogP contribution in [-0.2, 0) is 4.79 Å². The third-order valence-electron chi connectivity index (χ3n) is 6.02. The van der Waals surface area contributed by atoms with Gasteiger partial charge in [0.1, 0.15) is 11.5 Å². The van der Waals surface area contributed by atoms with Crippen molar-refractivity contribution in [2.24, 2.45) is 0 Å². The summed E-state index contributed by atoms with van der Waals surface area (Å²) in [5.74, 6) is 2.29. The maximum absolute atomic E-state index is 13.0. The number of nitrogens with zero attached hydrogens (tertiary/aromatic N) is 3. The fraction of sp³-hybridized carbons (Fsp3) is 0.333. The summed E-state index contributed by atoms with van der Waals surface area (Å²) in [5.41, 5.74) is 4.72. The van der Waals surface area contributed by atoms with Gasteiger partial charge >= 0.3 is 0 Å². The second kappa shape index (κ2) is 10.5. The van der Waals surface area contributed by atoms with Gasteiger partial charge in [0.15, 0.2) is 0 Å². The van der Waals surface area contributed by atoms with E-state index < -0.39 is 0 Å². The molecule has 1 saturated heterocycles. The molecule has 34 heavy (non-hydrogen) atoms. The number of aryl methyl sites for hydroxylation is 1. The summed E-state index contributed by atoms with van der Waals surface area (Å²) in [7, 11) is 3.25. The zero-order chi connectivity index (χ0) is 24.1. The van der Waals surface area contributed by atoms with Gasteiger partial charge in [-0.1, -0.05) is 0 Å². The van der Waals surface area contributed by atoms with E-state index in [2.05, 4.69) is 11.0 Å². The van der Waals surface area contributed by atoms with Crippen LogP contribution in [0.1, 0.15) is 18.9 Å². The van der Waals surface area contributed by atoms with E-state index in [1.807, 2.05) is 67.3 Å². The number of amides is 1. The van der Waals surface area contributed by atoms with Crippen molar-refractivity contribution in [3.63, 3.8) is 0 Å². The molecule has 2 aromatic carbocycles. The molecule has 3 aromatic rings. The number of pyridine rings is 1. The first-order valence-electron chi connectivity index (χ1n) is 11.5. The highest BCUT2D eigenvalue weighted by Gasteiger charge is 2.25. The number of carbonyl (C=O) groups excluding carboxylic acids is 1. The van der Waals surface area contributed by atoms with Gasteiger partial charge in [0, 0.05) is 43.4 Å². The molecule has 1 aromatic heterocycles. The zero-order valence-corrected chi connectivity index (χ0v) is 20.2. The van der Waals surface area contributed by atoms with E-state index in [0.29, 0.717) is 38.5 Å². The number of ether oxygens (including phenoxy) is 3. The van der Waals surface area contributed by atoms with Crippen LogP contribution in [0.5, 0.6) is 17.4 Å². The van der Waals surface area contributed by atoms with Gasteiger partial charge in [0.25, 0.3) is 0 Å². The molecular weight excluding hydrogens is 430 g/mol. The number of methoxy groups -OCH3 is 2. The second-order valence-corrected chi connectivity index (χ2v) is 8.12. The average molecular weight is 462 g/mol. The summed E-state index contributed by atoms with van der Waals surface area (Å²) in [5, 5.41) is 0. The molecule has 0 saturated carbocycles. The Morgan fingerprint density at radius 1 is 0.941 bits per heavy atom. The highest BCUT2D eigenvalue weighted by atomic mass is 16.5. The molecule has 1 aliphatic heterocycles. The highest BCUT2D eigenvalue weighted by Crippen LogP contribution is 2.34. The van der Waals surface area contributed by atoms with Crippen molar-refractivity contribution in [3.8, 4) is 28.6 Å². The van der Waals surface area contributed by atoms with E-state index in [0.717, 1.165) is 39.7 Å². The van der Waals surface area contributed by atoms with Crippen LogP contribution in [0.15, 0.2) is 54.6 Å². The Morgan fingerprint density at radius 2 is 1.74 bits per heavy atom. The Morgan fingerprint density at radius 3 is 2.41 bits per heavy atom. The second-order valence-electron chi connectivity index (χ2n) is 8.12. The lowest BCUT2D eigenvalue weighted by Gasteiger charge is -2.26. The minimum atomic E-state index is 0.104. The third kappa shape index (κ3) is 4.93. The van der Waals surface area contributed by atoms with Gasteiger partial charge in [0.05, 0.1) is 32.2 Å². The van der Waals surface area contributed by atoms with Gasteiger partial charge in [-0.3, -0.25) is 4.79 Å². The molecule has 0 atom stereocenters. The number of aromatic nitrogens is 1. The summed E-state index contributed by atoms with van der Waals surface area (Å²) in [4.78, 5) is 21.8. The van der Waals surface area contributed by atoms with E-state index in [1.54, 1.807) is 14.2 Å². The largest absolute Gasteiger partial charge is 0.497 e. The van der Waals surface area contributed by atoms with Gasteiger partial charge in [-0.25, -0.2) is 4.98 Å². The highest BCUT2D eigenvalue weighted by molar-refractivity contribution is 5.94. The minimum absolute atomic E-state index is 0.104. The molecule has 0 N–H and O–H groups in total. The number of benzene rings is 2. The standard InChI is InChI=1S/C27H31N3O4/c1-5-34-24-12-6-20(18-19(24)2)27-23(11-13-25(28-27)33-4)29-15-14-26(31)30(17-16-29)21-7-9-22(32-3)10-8-21/h6-13,18H,5,14-17H2,1-4H3. The molecule has 1 amide bonds. The normalized spacial score (nSPS) is 14.1. The number of carbonyl (C=O) groups is 1. The van der Waals surface area contributed by atoms with Gasteiger partial charge in [-0.15, -0.1) is 0 Å². The van der Waals surface area contributed by atoms with Crippen LogP contribution in [0.2, 0.25) is 0 Å². The minimum Gasteiger partial charge on any atom is -0.497 e. The summed E-state index contributed by atoms with van der Waals surface area (Å²) in [6.45, 7) is 6.52. The van der Waals surface area contributed by atoms with E-state index in [1.165, 1.54) is 0 Å². The first-order valence-corrected chi connectivity index (χ1v) is 11.5. The van der Waals surface area contributed by atoms with Gasteiger partial charge in [-0.2, -0.15) is 0 Å². The van der Waals surface area contributed by atoms with Crippen LogP contribution in [0.4, 0.5) is 11.4 Å². The molecule has 7 heteroatoms. The molecular formula is C27H31N3O4. The molecule has 2 heterocycles. The van der Waals surface area contributed by atoms with E-state index in [9.17, 15) is 4.79 Å². The molecule has 0 bridgehead atoms. The molecule has 1 fully saturated rings. The summed E-state index contributed by atoms with van der Waals surface area (Å²) in [6, 6.07) is 17.6. The lowest BCUT2D eigenvalue weighted by atomic mass is 10.1. The maximum Gasteiger partial charge on any atom is 0.228 e. The van der Waals surface area contributed by atoms with Crippen molar-refractivity contribution in [1.82, 2.24) is 4.98 Å². The van der Waals surface area contributed by atoms with E-state index in [4.69, 9.17) is 19.2 Å². The quantitative estimate of drug-likeness (QED) is 0.508. The summed E-state index contributed by atoms with van der Waals surface area (Å²) < 4.78 is 16.4. The molecule has 0 aliphatic carbocycles. The van der Waals surface area contributed by atoms with Crippen molar-refractivity contribution < 1.29 is 19.0 Å². The van der Waals surface area contributed by atoms with Crippen LogP contribution in [0.25, 0.3) is 11.3 Å². The number of rotatable bonds is 7. The van der Waals surface area contributed by atoms with Gasteiger partial charge < -0.3 is 24.0 Å². The molecule has 178 valence electrons. The van der Waals surface area contributed by atoms with Crippen molar-refractivity contribution in [1.29, 1.82) is 0 Å². The first kappa shape index (κ1) is 23.4. The molecule has 1 aliphatic rings. The summed E-state index contributed by atoms with van der Waals surface area (Å²) >= 11 is 0. The van der Waals surface area contributed by atoms with Crippen LogP contribution in [0.3, 0.4) is 0 Å². The SMILES string of the molecule is CCOc1ccc(-c2nc(OC)ccc2N2CCC(=O)N(c3ccc(OC)cc3)CC2)cc1C.